The monoisotopic (exact) mass is 328 g/mol. The zero-order chi connectivity index (χ0) is 15.6. The van der Waals surface area contributed by atoms with Gasteiger partial charge in [-0.3, -0.25) is 9.58 Å². The number of nitrogens with zero attached hydrogens (tertiary/aromatic N) is 3. The molecule has 0 radical (unpaired) electrons. The molecule has 2 aliphatic heterocycles. The number of hydrogen-bond acceptors (Lipinski definition) is 5. The smallest absolute Gasteiger partial charge is 0.208 e. The van der Waals surface area contributed by atoms with Crippen molar-refractivity contribution in [1.29, 1.82) is 0 Å². The molecule has 0 bridgehead atoms. The number of ether oxygens (including phenoxy) is 1. The van der Waals surface area contributed by atoms with Crippen molar-refractivity contribution in [2.75, 3.05) is 32.6 Å². The molecule has 3 heterocycles. The summed E-state index contributed by atoms with van der Waals surface area (Å²) in [6, 6.07) is 2.83. The van der Waals surface area contributed by atoms with Crippen LogP contribution in [0.15, 0.2) is 12.3 Å². The Morgan fingerprint density at radius 2 is 2.18 bits per heavy atom. The van der Waals surface area contributed by atoms with Crippen molar-refractivity contribution in [3.63, 3.8) is 0 Å². The predicted molar refractivity (Wildman–Crippen MR) is 83.0 cm³/mol. The fourth-order valence-electron chi connectivity index (χ4n) is 3.37. The first-order chi connectivity index (χ1) is 10.5. The maximum atomic E-state index is 11.2. The molecule has 1 aromatic heterocycles. The first-order valence-corrected chi connectivity index (χ1v) is 9.71. The zero-order valence-corrected chi connectivity index (χ0v) is 13.8. The van der Waals surface area contributed by atoms with Gasteiger partial charge in [-0.2, -0.15) is 5.10 Å². The molecule has 0 unspecified atom stereocenters. The summed E-state index contributed by atoms with van der Waals surface area (Å²) in [4.78, 5) is 2.50. The Balaban J connectivity index is 1.66. The summed E-state index contributed by atoms with van der Waals surface area (Å²) >= 11 is 0. The van der Waals surface area contributed by atoms with Gasteiger partial charge in [0.1, 0.15) is 0 Å². The van der Waals surface area contributed by atoms with Gasteiger partial charge in [-0.1, -0.05) is 0 Å². The lowest BCUT2D eigenvalue weighted by atomic mass is 10.0. The molecule has 0 aliphatic carbocycles. The van der Waals surface area contributed by atoms with Gasteiger partial charge in [0.2, 0.25) is 10.0 Å². The maximum Gasteiger partial charge on any atom is 0.208 e. The summed E-state index contributed by atoms with van der Waals surface area (Å²) in [5, 5.41) is 4.42. The number of rotatable bonds is 5. The van der Waals surface area contributed by atoms with Crippen LogP contribution in [0.3, 0.4) is 0 Å². The van der Waals surface area contributed by atoms with Crippen molar-refractivity contribution in [1.82, 2.24) is 19.4 Å². The normalized spacial score (nSPS) is 24.3. The second-order valence-electron chi connectivity index (χ2n) is 6.15. The Labute approximate surface area is 131 Å². The van der Waals surface area contributed by atoms with Crippen LogP contribution in [-0.2, 0) is 21.3 Å². The third-order valence-electron chi connectivity index (χ3n) is 4.46. The van der Waals surface area contributed by atoms with Crippen LogP contribution in [-0.4, -0.2) is 61.7 Å². The van der Waals surface area contributed by atoms with E-state index in [1.807, 2.05) is 6.20 Å². The molecule has 8 heteroatoms. The van der Waals surface area contributed by atoms with Crippen LogP contribution in [0, 0.1) is 0 Å². The molecule has 0 amide bonds. The highest BCUT2D eigenvalue weighted by Crippen LogP contribution is 2.27. The van der Waals surface area contributed by atoms with Gasteiger partial charge in [0.15, 0.2) is 0 Å². The van der Waals surface area contributed by atoms with Gasteiger partial charge in [-0.25, -0.2) is 13.1 Å². The number of hydrogen-bond donors (Lipinski definition) is 1. The number of sulfonamides is 1. The highest BCUT2D eigenvalue weighted by Gasteiger charge is 2.30. The SMILES string of the molecule is CS(=O)(=O)NCC[C@@H]1CN(C2CCOCC2)Cc2ccnn21. The summed E-state index contributed by atoms with van der Waals surface area (Å²) in [6.45, 7) is 3.96. The van der Waals surface area contributed by atoms with E-state index < -0.39 is 10.0 Å². The molecule has 7 nitrogen and oxygen atoms in total. The lowest BCUT2D eigenvalue weighted by Crippen LogP contribution is -2.46. The first kappa shape index (κ1) is 15.9. The van der Waals surface area contributed by atoms with Crippen molar-refractivity contribution in [3.8, 4) is 0 Å². The summed E-state index contributed by atoms with van der Waals surface area (Å²) in [5.41, 5.74) is 1.21. The fraction of sp³-hybridized carbons (Fsp3) is 0.786. The van der Waals surface area contributed by atoms with E-state index in [1.54, 1.807) is 0 Å². The van der Waals surface area contributed by atoms with Crippen molar-refractivity contribution in [2.45, 2.75) is 37.9 Å². The molecule has 1 saturated heterocycles. The lowest BCUT2D eigenvalue weighted by Gasteiger charge is -2.40. The van der Waals surface area contributed by atoms with Gasteiger partial charge in [0.25, 0.3) is 0 Å². The van der Waals surface area contributed by atoms with Gasteiger partial charge in [0.05, 0.1) is 18.0 Å². The molecular formula is C14H24N4O3S. The Kier molecular flexibility index (Phi) is 4.82. The van der Waals surface area contributed by atoms with Gasteiger partial charge in [0, 0.05) is 45.1 Å². The van der Waals surface area contributed by atoms with E-state index in [0.29, 0.717) is 12.6 Å². The van der Waals surface area contributed by atoms with Crippen molar-refractivity contribution in [2.24, 2.45) is 0 Å². The van der Waals surface area contributed by atoms with Gasteiger partial charge >= 0.3 is 0 Å². The number of nitrogens with one attached hydrogen (secondary N) is 1. The summed E-state index contributed by atoms with van der Waals surface area (Å²) in [5.74, 6) is 0. The van der Waals surface area contributed by atoms with Crippen LogP contribution in [0.2, 0.25) is 0 Å². The van der Waals surface area contributed by atoms with Gasteiger partial charge in [-0.15, -0.1) is 0 Å². The fourth-order valence-corrected chi connectivity index (χ4v) is 3.86. The Hall–Kier alpha value is -0.960. The average Bonchev–Trinajstić information content (AvgIpc) is 2.95. The number of fused-ring (bicyclic) bond motifs is 1. The van der Waals surface area contributed by atoms with Crippen molar-refractivity contribution < 1.29 is 13.2 Å². The topological polar surface area (TPSA) is 76.5 Å². The Morgan fingerprint density at radius 3 is 2.91 bits per heavy atom. The van der Waals surface area contributed by atoms with E-state index in [-0.39, 0.29) is 6.04 Å². The van der Waals surface area contributed by atoms with E-state index in [1.165, 1.54) is 11.9 Å². The van der Waals surface area contributed by atoms with E-state index >= 15 is 0 Å². The van der Waals surface area contributed by atoms with Crippen LogP contribution < -0.4 is 4.72 Å². The Bertz CT molecular complexity index is 595. The van der Waals surface area contributed by atoms with Crippen LogP contribution in [0.4, 0.5) is 0 Å². The second kappa shape index (κ2) is 6.66. The third-order valence-corrected chi connectivity index (χ3v) is 5.19. The predicted octanol–water partition coefficient (Wildman–Crippen LogP) is 0.358. The van der Waals surface area contributed by atoms with Crippen LogP contribution in [0.5, 0.6) is 0 Å². The molecule has 0 spiro atoms. The summed E-state index contributed by atoms with van der Waals surface area (Å²) in [7, 11) is -3.13. The molecule has 3 rings (SSSR count). The molecule has 0 saturated carbocycles. The Morgan fingerprint density at radius 1 is 1.41 bits per heavy atom. The summed E-state index contributed by atoms with van der Waals surface area (Å²) < 4.78 is 32.5. The second-order valence-corrected chi connectivity index (χ2v) is 7.98. The van der Waals surface area contributed by atoms with E-state index in [0.717, 1.165) is 45.6 Å². The van der Waals surface area contributed by atoms with E-state index in [2.05, 4.69) is 25.5 Å². The van der Waals surface area contributed by atoms with Crippen molar-refractivity contribution in [3.05, 3.63) is 18.0 Å². The van der Waals surface area contributed by atoms with E-state index in [4.69, 9.17) is 4.74 Å². The standard InChI is InChI=1S/C14H24N4O3S/c1-22(19,20)16-7-3-14-11-17(12-4-8-21-9-5-12)10-13-2-6-15-18(13)14/h2,6,12,14,16H,3-5,7-11H2,1H3/t14-/m1/s1. The van der Waals surface area contributed by atoms with Gasteiger partial charge < -0.3 is 4.74 Å². The highest BCUT2D eigenvalue weighted by molar-refractivity contribution is 7.88. The van der Waals surface area contributed by atoms with E-state index in [9.17, 15) is 8.42 Å². The highest BCUT2D eigenvalue weighted by atomic mass is 32.2. The summed E-state index contributed by atoms with van der Waals surface area (Å²) in [6.07, 6.45) is 5.92. The van der Waals surface area contributed by atoms with Crippen molar-refractivity contribution >= 4 is 10.0 Å². The van der Waals surface area contributed by atoms with Gasteiger partial charge in [-0.05, 0) is 25.3 Å². The molecule has 22 heavy (non-hydrogen) atoms. The maximum absolute atomic E-state index is 11.2. The van der Waals surface area contributed by atoms with Crippen LogP contribution >= 0.6 is 0 Å². The average molecular weight is 328 g/mol. The largest absolute Gasteiger partial charge is 0.381 e. The minimum absolute atomic E-state index is 0.218. The molecule has 0 aromatic carbocycles. The number of aromatic nitrogens is 2. The van der Waals surface area contributed by atoms with Crippen LogP contribution in [0.1, 0.15) is 31.0 Å². The molecule has 1 N–H and O–H groups in total. The molecule has 124 valence electrons. The first-order valence-electron chi connectivity index (χ1n) is 7.82. The molecule has 1 atom stereocenters. The molecule has 1 fully saturated rings. The minimum atomic E-state index is -3.13. The molecular weight excluding hydrogens is 304 g/mol. The molecule has 2 aliphatic rings. The van der Waals surface area contributed by atoms with Crippen LogP contribution in [0.25, 0.3) is 0 Å². The minimum Gasteiger partial charge on any atom is -0.381 e. The lowest BCUT2D eigenvalue weighted by molar-refractivity contribution is 0.0159. The molecule has 1 aromatic rings. The third kappa shape index (κ3) is 3.87. The zero-order valence-electron chi connectivity index (χ0n) is 12.9. The quantitative estimate of drug-likeness (QED) is 0.844.